The van der Waals surface area contributed by atoms with Gasteiger partial charge in [0.05, 0.1) is 0 Å². The quantitative estimate of drug-likeness (QED) is 0.765. The summed E-state index contributed by atoms with van der Waals surface area (Å²) in [6.07, 6.45) is 2.42. The summed E-state index contributed by atoms with van der Waals surface area (Å²) in [5.41, 5.74) is 2.17. The van der Waals surface area contributed by atoms with E-state index >= 15 is 0 Å². The molecule has 3 aromatic rings. The van der Waals surface area contributed by atoms with Crippen LogP contribution in [0.4, 0.5) is 4.39 Å². The first-order valence-corrected chi connectivity index (χ1v) is 5.93. The van der Waals surface area contributed by atoms with Gasteiger partial charge in [0.15, 0.2) is 0 Å². The Kier molecular flexibility index (Phi) is 2.80. The summed E-state index contributed by atoms with van der Waals surface area (Å²) < 4.78 is 18.7. The third-order valence-corrected chi connectivity index (χ3v) is 3.13. The minimum atomic E-state index is -0.876. The van der Waals surface area contributed by atoms with E-state index in [9.17, 15) is 9.50 Å². The maximum atomic E-state index is 13.1. The molecule has 4 heteroatoms. The third-order valence-electron chi connectivity index (χ3n) is 3.13. The smallest absolute Gasteiger partial charge is 0.138 e. The van der Waals surface area contributed by atoms with Gasteiger partial charge in [-0.2, -0.15) is 0 Å². The lowest BCUT2D eigenvalue weighted by Gasteiger charge is -2.10. The molecule has 2 aromatic heterocycles. The summed E-state index contributed by atoms with van der Waals surface area (Å²) in [5, 5.41) is 11.0. The third kappa shape index (κ3) is 2.11. The topological polar surface area (TPSA) is 46.3 Å². The van der Waals surface area contributed by atoms with E-state index in [1.807, 2.05) is 6.92 Å². The number of hydrogen-bond acceptors (Lipinski definition) is 3. The van der Waals surface area contributed by atoms with Crippen LogP contribution in [0.5, 0.6) is 0 Å². The first-order chi connectivity index (χ1) is 9.15. The van der Waals surface area contributed by atoms with E-state index in [0.717, 1.165) is 11.1 Å². The normalized spacial score (nSPS) is 12.8. The minimum absolute atomic E-state index is 0.325. The monoisotopic (exact) mass is 257 g/mol. The highest BCUT2D eigenvalue weighted by molar-refractivity contribution is 5.78. The molecule has 96 valence electrons. The van der Waals surface area contributed by atoms with Crippen LogP contribution in [0.25, 0.3) is 11.0 Å². The van der Waals surface area contributed by atoms with Gasteiger partial charge >= 0.3 is 0 Å². The van der Waals surface area contributed by atoms with Crippen molar-refractivity contribution in [2.45, 2.75) is 13.0 Å². The fourth-order valence-corrected chi connectivity index (χ4v) is 2.11. The molecule has 3 rings (SSSR count). The average Bonchev–Trinajstić information content (AvgIpc) is 2.81. The molecule has 2 heterocycles. The molecule has 0 aliphatic carbocycles. The van der Waals surface area contributed by atoms with Crippen molar-refractivity contribution in [2.24, 2.45) is 0 Å². The molecule has 0 aliphatic rings. The second kappa shape index (κ2) is 4.48. The van der Waals surface area contributed by atoms with Crippen molar-refractivity contribution >= 4 is 11.0 Å². The molecule has 1 aromatic carbocycles. The summed E-state index contributed by atoms with van der Waals surface area (Å²) in [5.74, 6) is 0.0735. The van der Waals surface area contributed by atoms with E-state index in [0.29, 0.717) is 16.7 Å². The second-order valence-corrected chi connectivity index (χ2v) is 4.47. The van der Waals surface area contributed by atoms with Crippen LogP contribution >= 0.6 is 0 Å². The molecule has 0 fully saturated rings. The molecule has 1 N–H and O–H groups in total. The van der Waals surface area contributed by atoms with Gasteiger partial charge in [0, 0.05) is 17.8 Å². The maximum Gasteiger partial charge on any atom is 0.138 e. The number of aliphatic hydroxyl groups excluding tert-OH is 1. The average molecular weight is 257 g/mol. The van der Waals surface area contributed by atoms with Gasteiger partial charge in [0.1, 0.15) is 23.3 Å². The Labute approximate surface area is 109 Å². The predicted molar refractivity (Wildman–Crippen MR) is 69.2 cm³/mol. The Morgan fingerprint density at radius 3 is 2.89 bits per heavy atom. The van der Waals surface area contributed by atoms with Crippen LogP contribution in [0.1, 0.15) is 23.0 Å². The maximum absolute atomic E-state index is 13.1. The zero-order chi connectivity index (χ0) is 13.4. The van der Waals surface area contributed by atoms with Crippen LogP contribution in [0.15, 0.2) is 47.1 Å². The Morgan fingerprint density at radius 2 is 2.11 bits per heavy atom. The molecule has 0 radical (unpaired) electrons. The molecule has 0 spiro atoms. The fraction of sp³-hybridized carbons (Fsp3) is 0.133. The molecule has 0 saturated heterocycles. The number of aryl methyl sites for hydroxylation is 1. The molecule has 0 aliphatic heterocycles. The number of aliphatic hydroxyl groups is 1. The van der Waals surface area contributed by atoms with Crippen LogP contribution in [-0.2, 0) is 0 Å². The van der Waals surface area contributed by atoms with E-state index in [1.165, 1.54) is 12.1 Å². The number of furan rings is 1. The Bertz CT molecular complexity index is 736. The van der Waals surface area contributed by atoms with Gasteiger partial charge in [-0.05, 0) is 48.4 Å². The van der Waals surface area contributed by atoms with Crippen molar-refractivity contribution in [1.82, 2.24) is 4.98 Å². The molecule has 3 nitrogen and oxygen atoms in total. The Hall–Kier alpha value is -2.20. The number of aromatic nitrogens is 1. The summed E-state index contributed by atoms with van der Waals surface area (Å²) in [6.45, 7) is 1.87. The van der Waals surface area contributed by atoms with E-state index in [-0.39, 0.29) is 5.82 Å². The zero-order valence-corrected chi connectivity index (χ0v) is 10.3. The molecule has 1 atom stereocenters. The number of nitrogens with zero attached hydrogens (tertiary/aromatic N) is 1. The number of hydrogen-bond donors (Lipinski definition) is 1. The lowest BCUT2D eigenvalue weighted by Crippen LogP contribution is -2.00. The van der Waals surface area contributed by atoms with Crippen LogP contribution in [0, 0.1) is 12.7 Å². The molecular weight excluding hydrogens is 245 g/mol. The molecule has 0 bridgehead atoms. The summed E-state index contributed by atoms with van der Waals surface area (Å²) in [4.78, 5) is 3.98. The first kappa shape index (κ1) is 11.9. The Balaban J connectivity index is 2.07. The molecule has 1 unspecified atom stereocenters. The number of pyridine rings is 1. The van der Waals surface area contributed by atoms with Crippen molar-refractivity contribution in [3.05, 3.63) is 65.4 Å². The first-order valence-electron chi connectivity index (χ1n) is 5.93. The number of benzene rings is 1. The van der Waals surface area contributed by atoms with Gasteiger partial charge in [0.2, 0.25) is 0 Å². The summed E-state index contributed by atoms with van der Waals surface area (Å²) in [6, 6.07) is 7.67. The largest absolute Gasteiger partial charge is 0.458 e. The van der Waals surface area contributed by atoms with Crippen LogP contribution in [-0.4, -0.2) is 10.1 Å². The van der Waals surface area contributed by atoms with Crippen molar-refractivity contribution in [3.8, 4) is 0 Å². The van der Waals surface area contributed by atoms with Gasteiger partial charge in [-0.3, -0.25) is 4.98 Å². The summed E-state index contributed by atoms with van der Waals surface area (Å²) in [7, 11) is 0. The van der Waals surface area contributed by atoms with Crippen LogP contribution < -0.4 is 0 Å². The van der Waals surface area contributed by atoms with Crippen molar-refractivity contribution < 1.29 is 13.9 Å². The van der Waals surface area contributed by atoms with Crippen molar-refractivity contribution in [3.63, 3.8) is 0 Å². The summed E-state index contributed by atoms with van der Waals surface area (Å²) >= 11 is 0. The van der Waals surface area contributed by atoms with Gasteiger partial charge in [-0.1, -0.05) is 0 Å². The minimum Gasteiger partial charge on any atom is -0.458 e. The lowest BCUT2D eigenvalue weighted by atomic mass is 10.0. The Morgan fingerprint density at radius 1 is 1.26 bits per heavy atom. The molecule has 0 amide bonds. The van der Waals surface area contributed by atoms with Crippen LogP contribution in [0.3, 0.4) is 0 Å². The van der Waals surface area contributed by atoms with Crippen LogP contribution in [0.2, 0.25) is 0 Å². The fourth-order valence-electron chi connectivity index (χ4n) is 2.11. The van der Waals surface area contributed by atoms with E-state index in [2.05, 4.69) is 4.98 Å². The highest BCUT2D eigenvalue weighted by Crippen LogP contribution is 2.29. The second-order valence-electron chi connectivity index (χ2n) is 4.47. The number of halogens is 1. The van der Waals surface area contributed by atoms with E-state index in [4.69, 9.17) is 4.42 Å². The van der Waals surface area contributed by atoms with Gasteiger partial charge in [-0.15, -0.1) is 0 Å². The SMILES string of the molecule is Cc1cnccc1C(O)c1cc2cc(F)ccc2o1. The van der Waals surface area contributed by atoms with E-state index in [1.54, 1.807) is 30.6 Å². The van der Waals surface area contributed by atoms with Gasteiger partial charge in [0.25, 0.3) is 0 Å². The molecule has 19 heavy (non-hydrogen) atoms. The number of rotatable bonds is 2. The number of fused-ring (bicyclic) bond motifs is 1. The van der Waals surface area contributed by atoms with E-state index < -0.39 is 6.10 Å². The van der Waals surface area contributed by atoms with Gasteiger partial charge in [-0.25, -0.2) is 4.39 Å². The van der Waals surface area contributed by atoms with Crippen molar-refractivity contribution in [1.29, 1.82) is 0 Å². The zero-order valence-electron chi connectivity index (χ0n) is 10.3. The molecular formula is C15H12FNO2. The highest BCUT2D eigenvalue weighted by Gasteiger charge is 2.17. The van der Waals surface area contributed by atoms with Gasteiger partial charge < -0.3 is 9.52 Å². The highest BCUT2D eigenvalue weighted by atomic mass is 19.1. The molecule has 0 saturated carbocycles. The predicted octanol–water partition coefficient (Wildman–Crippen LogP) is 3.36. The lowest BCUT2D eigenvalue weighted by molar-refractivity contribution is 0.191. The van der Waals surface area contributed by atoms with Crippen molar-refractivity contribution in [2.75, 3.05) is 0 Å². The standard InChI is InChI=1S/C15H12FNO2/c1-9-8-17-5-4-12(9)15(18)14-7-10-6-11(16)2-3-13(10)19-14/h2-8,15,18H,1H3.